The summed E-state index contributed by atoms with van der Waals surface area (Å²) in [5.74, 6) is -0.237. The molecule has 1 saturated heterocycles. The summed E-state index contributed by atoms with van der Waals surface area (Å²) in [6.07, 6.45) is 0.447. The number of alkyl halides is 1. The van der Waals surface area contributed by atoms with Crippen molar-refractivity contribution in [1.82, 2.24) is 4.90 Å². The molecular weight excluding hydrogens is 266 g/mol. The van der Waals surface area contributed by atoms with Crippen LogP contribution in [-0.4, -0.2) is 60.9 Å². The van der Waals surface area contributed by atoms with Gasteiger partial charge >= 0.3 is 0 Å². The van der Waals surface area contributed by atoms with Gasteiger partial charge in [0.2, 0.25) is 5.91 Å². The first-order valence-electron chi connectivity index (χ1n) is 5.59. The van der Waals surface area contributed by atoms with Crippen molar-refractivity contribution in [3.63, 3.8) is 0 Å². The van der Waals surface area contributed by atoms with Gasteiger partial charge in [0.15, 0.2) is 9.84 Å². The summed E-state index contributed by atoms with van der Waals surface area (Å²) >= 11 is 5.63. The topological polar surface area (TPSA) is 74.7 Å². The molecular formula is C10H18ClNO4S. The number of nitrogens with zero attached hydrogens (tertiary/aromatic N) is 1. The molecule has 1 heterocycles. The number of halogens is 1. The summed E-state index contributed by atoms with van der Waals surface area (Å²) in [6.45, 7) is 1.70. The number of sulfone groups is 1. The van der Waals surface area contributed by atoms with Gasteiger partial charge in [0.25, 0.3) is 0 Å². The Hall–Kier alpha value is -0.330. The minimum absolute atomic E-state index is 0.00620. The highest BCUT2D eigenvalue weighted by atomic mass is 35.5. The molecule has 0 bridgehead atoms. The number of carbonyl (C=O) groups is 1. The molecule has 1 fully saturated rings. The molecule has 1 rings (SSSR count). The lowest BCUT2D eigenvalue weighted by Crippen LogP contribution is -2.45. The van der Waals surface area contributed by atoms with Crippen LogP contribution < -0.4 is 0 Å². The van der Waals surface area contributed by atoms with Crippen LogP contribution in [0.3, 0.4) is 0 Å². The van der Waals surface area contributed by atoms with Crippen molar-refractivity contribution in [2.75, 3.05) is 30.5 Å². The smallest absolute Gasteiger partial charge is 0.226 e. The Morgan fingerprint density at radius 3 is 2.65 bits per heavy atom. The fourth-order valence-corrected chi connectivity index (χ4v) is 3.81. The minimum atomic E-state index is -3.03. The monoisotopic (exact) mass is 283 g/mol. The molecule has 1 N–H and O–H groups in total. The molecule has 2 unspecified atom stereocenters. The zero-order chi connectivity index (χ0) is 13.1. The standard InChI is InChI=1S/C10H18ClNO4S/c1-8(6-11)10(14)12(3-4-13)9-2-5-17(15,16)7-9/h8-9,13H,2-7H2,1H3. The van der Waals surface area contributed by atoms with E-state index in [9.17, 15) is 13.2 Å². The Kier molecular flexibility index (Phi) is 5.22. The van der Waals surface area contributed by atoms with Crippen LogP contribution in [0.5, 0.6) is 0 Å². The van der Waals surface area contributed by atoms with Gasteiger partial charge in [0.1, 0.15) is 0 Å². The normalized spacial score (nSPS) is 24.5. The molecule has 5 nitrogen and oxygen atoms in total. The molecule has 17 heavy (non-hydrogen) atoms. The fourth-order valence-electron chi connectivity index (χ4n) is 1.95. The van der Waals surface area contributed by atoms with Crippen LogP contribution in [0.1, 0.15) is 13.3 Å². The SMILES string of the molecule is CC(CCl)C(=O)N(CCO)C1CCS(=O)(=O)C1. The molecule has 0 aromatic rings. The Morgan fingerprint density at radius 2 is 2.24 bits per heavy atom. The number of hydrogen-bond donors (Lipinski definition) is 1. The van der Waals surface area contributed by atoms with Gasteiger partial charge in [-0.05, 0) is 6.42 Å². The van der Waals surface area contributed by atoms with Crippen molar-refractivity contribution >= 4 is 27.3 Å². The van der Waals surface area contributed by atoms with Crippen molar-refractivity contribution in [1.29, 1.82) is 0 Å². The van der Waals surface area contributed by atoms with E-state index in [-0.39, 0.29) is 48.4 Å². The van der Waals surface area contributed by atoms with Gasteiger partial charge in [-0.15, -0.1) is 11.6 Å². The lowest BCUT2D eigenvalue weighted by molar-refractivity contribution is -0.136. The largest absolute Gasteiger partial charge is 0.395 e. The second kappa shape index (κ2) is 6.02. The Balaban J connectivity index is 2.76. The van der Waals surface area contributed by atoms with Gasteiger partial charge in [-0.1, -0.05) is 6.92 Å². The lowest BCUT2D eigenvalue weighted by atomic mass is 10.1. The number of amides is 1. The van der Waals surface area contributed by atoms with E-state index < -0.39 is 9.84 Å². The van der Waals surface area contributed by atoms with E-state index in [4.69, 9.17) is 16.7 Å². The molecule has 7 heteroatoms. The molecule has 0 radical (unpaired) electrons. The summed E-state index contributed by atoms with van der Waals surface area (Å²) in [5.41, 5.74) is 0. The van der Waals surface area contributed by atoms with Crippen molar-refractivity contribution in [2.24, 2.45) is 5.92 Å². The maximum atomic E-state index is 12.0. The van der Waals surface area contributed by atoms with Gasteiger partial charge in [0.05, 0.1) is 18.1 Å². The van der Waals surface area contributed by atoms with E-state index in [1.165, 1.54) is 4.90 Å². The van der Waals surface area contributed by atoms with Crippen LogP contribution in [0.25, 0.3) is 0 Å². The maximum Gasteiger partial charge on any atom is 0.226 e. The zero-order valence-corrected chi connectivity index (χ0v) is 11.4. The van der Waals surface area contributed by atoms with Crippen molar-refractivity contribution in [2.45, 2.75) is 19.4 Å². The predicted octanol–water partition coefficient (Wildman–Crippen LogP) is -0.131. The van der Waals surface area contributed by atoms with Crippen LogP contribution >= 0.6 is 11.6 Å². The molecule has 1 aliphatic heterocycles. The van der Waals surface area contributed by atoms with Gasteiger partial charge in [-0.2, -0.15) is 0 Å². The third kappa shape index (κ3) is 3.82. The summed E-state index contributed by atoms with van der Waals surface area (Å²) < 4.78 is 22.8. The number of carbonyl (C=O) groups excluding carboxylic acids is 1. The fraction of sp³-hybridized carbons (Fsp3) is 0.900. The lowest BCUT2D eigenvalue weighted by Gasteiger charge is -2.29. The van der Waals surface area contributed by atoms with E-state index in [2.05, 4.69) is 0 Å². The van der Waals surface area contributed by atoms with E-state index in [0.717, 1.165) is 0 Å². The summed E-state index contributed by atoms with van der Waals surface area (Å²) in [6, 6.07) is -0.315. The van der Waals surface area contributed by atoms with E-state index >= 15 is 0 Å². The molecule has 0 aromatic carbocycles. The van der Waals surface area contributed by atoms with Crippen LogP contribution in [0, 0.1) is 5.92 Å². The third-order valence-corrected chi connectivity index (χ3v) is 5.14. The molecule has 100 valence electrons. The molecule has 1 aliphatic rings. The van der Waals surface area contributed by atoms with E-state index in [1.54, 1.807) is 6.92 Å². The Morgan fingerprint density at radius 1 is 1.59 bits per heavy atom. The van der Waals surface area contributed by atoms with Gasteiger partial charge in [-0.3, -0.25) is 4.79 Å². The van der Waals surface area contributed by atoms with Crippen LogP contribution in [-0.2, 0) is 14.6 Å². The number of aliphatic hydroxyl groups is 1. The minimum Gasteiger partial charge on any atom is -0.395 e. The van der Waals surface area contributed by atoms with Crippen molar-refractivity contribution in [3.8, 4) is 0 Å². The molecule has 0 aliphatic carbocycles. The van der Waals surface area contributed by atoms with E-state index in [0.29, 0.717) is 6.42 Å². The average Bonchev–Trinajstić information content (AvgIpc) is 2.64. The second-order valence-corrected chi connectivity index (χ2v) is 6.90. The van der Waals surface area contributed by atoms with E-state index in [1.807, 2.05) is 0 Å². The second-order valence-electron chi connectivity index (χ2n) is 4.37. The van der Waals surface area contributed by atoms with Gasteiger partial charge in [-0.25, -0.2) is 8.42 Å². The average molecular weight is 284 g/mol. The first kappa shape index (κ1) is 14.7. The molecule has 1 amide bonds. The van der Waals surface area contributed by atoms with Gasteiger partial charge in [0, 0.05) is 24.4 Å². The first-order chi connectivity index (χ1) is 7.91. The molecule has 0 spiro atoms. The third-order valence-electron chi connectivity index (χ3n) is 2.93. The Labute approximate surface area is 107 Å². The summed E-state index contributed by atoms with van der Waals surface area (Å²) in [5, 5.41) is 8.95. The summed E-state index contributed by atoms with van der Waals surface area (Å²) in [7, 11) is -3.03. The zero-order valence-electron chi connectivity index (χ0n) is 9.80. The first-order valence-corrected chi connectivity index (χ1v) is 7.94. The van der Waals surface area contributed by atoms with Crippen LogP contribution in [0.2, 0.25) is 0 Å². The van der Waals surface area contributed by atoms with Crippen molar-refractivity contribution in [3.05, 3.63) is 0 Å². The van der Waals surface area contributed by atoms with Crippen LogP contribution in [0.15, 0.2) is 0 Å². The number of hydrogen-bond acceptors (Lipinski definition) is 4. The number of aliphatic hydroxyl groups excluding tert-OH is 1. The Bertz CT molecular complexity index is 371. The quantitative estimate of drug-likeness (QED) is 0.713. The predicted molar refractivity (Wildman–Crippen MR) is 65.7 cm³/mol. The van der Waals surface area contributed by atoms with Crippen molar-refractivity contribution < 1.29 is 18.3 Å². The molecule has 0 aromatic heterocycles. The summed E-state index contributed by atoms with van der Waals surface area (Å²) in [4.78, 5) is 13.5. The highest BCUT2D eigenvalue weighted by molar-refractivity contribution is 7.91. The van der Waals surface area contributed by atoms with Crippen LogP contribution in [0.4, 0.5) is 0 Å². The highest BCUT2D eigenvalue weighted by Crippen LogP contribution is 2.19. The van der Waals surface area contributed by atoms with Gasteiger partial charge < -0.3 is 10.0 Å². The maximum absolute atomic E-state index is 12.0. The molecule has 0 saturated carbocycles. The highest BCUT2D eigenvalue weighted by Gasteiger charge is 2.35. The molecule has 2 atom stereocenters. The number of rotatable bonds is 5.